The fourth-order valence-corrected chi connectivity index (χ4v) is 3.13. The molecule has 0 amide bonds. The van der Waals surface area contributed by atoms with Crippen LogP contribution >= 0.6 is 11.8 Å². The van der Waals surface area contributed by atoms with Crippen LogP contribution in [0.5, 0.6) is 0 Å². The topological polar surface area (TPSA) is 38.0 Å². The maximum absolute atomic E-state index is 5.87. The van der Waals surface area contributed by atoms with Crippen LogP contribution in [0.4, 0.5) is 5.69 Å². The van der Waals surface area contributed by atoms with E-state index < -0.39 is 0 Å². The quantitative estimate of drug-likeness (QED) is 0.766. The summed E-state index contributed by atoms with van der Waals surface area (Å²) in [6.45, 7) is 2.02. The number of hydrogen-bond donors (Lipinski definition) is 2. The van der Waals surface area contributed by atoms with E-state index in [2.05, 4.69) is 23.1 Å². The molecule has 15 heavy (non-hydrogen) atoms. The number of nitrogen functional groups attached to an aromatic ring is 1. The molecule has 3 heteroatoms. The summed E-state index contributed by atoms with van der Waals surface area (Å²) < 4.78 is 0. The van der Waals surface area contributed by atoms with E-state index in [4.69, 9.17) is 5.73 Å². The number of hydrogen-bond acceptors (Lipinski definition) is 3. The summed E-state index contributed by atoms with van der Waals surface area (Å²) in [6, 6.07) is 8.07. The Morgan fingerprint density at radius 1 is 1.40 bits per heavy atom. The Balaban J connectivity index is 1.75. The second kappa shape index (κ2) is 5.42. The van der Waals surface area contributed by atoms with Gasteiger partial charge in [0.05, 0.1) is 0 Å². The second-order valence-corrected chi connectivity index (χ2v) is 5.21. The van der Waals surface area contributed by atoms with E-state index >= 15 is 0 Å². The number of rotatable bonds is 4. The summed E-state index contributed by atoms with van der Waals surface area (Å²) in [5, 5.41) is 3.49. The minimum atomic E-state index is 0.861. The molecule has 0 radical (unpaired) electrons. The van der Waals surface area contributed by atoms with Crippen molar-refractivity contribution >= 4 is 17.4 Å². The molecule has 1 aliphatic heterocycles. The van der Waals surface area contributed by atoms with Crippen LogP contribution in [0.3, 0.4) is 0 Å². The summed E-state index contributed by atoms with van der Waals surface area (Å²) in [5.41, 5.74) is 7.98. The van der Waals surface area contributed by atoms with Gasteiger partial charge in [-0.3, -0.25) is 0 Å². The molecule has 1 atom stereocenters. The molecule has 2 nitrogen and oxygen atoms in total. The highest BCUT2D eigenvalue weighted by molar-refractivity contribution is 7.99. The molecule has 0 aromatic heterocycles. The van der Waals surface area contributed by atoms with Gasteiger partial charge < -0.3 is 11.1 Å². The van der Waals surface area contributed by atoms with Crippen LogP contribution in [0.2, 0.25) is 0 Å². The standard InChI is InChI=1S/C12H18N2S/c13-12-4-2-1-3-11(12)8-14-7-10-5-6-15-9-10/h1-4,10,14H,5-9,13H2. The molecular formula is C12H18N2S. The fraction of sp³-hybridized carbons (Fsp3) is 0.500. The molecule has 82 valence electrons. The van der Waals surface area contributed by atoms with Gasteiger partial charge in [-0.25, -0.2) is 0 Å². The number of anilines is 1. The molecule has 0 saturated carbocycles. The van der Waals surface area contributed by atoms with Crippen LogP contribution in [0.1, 0.15) is 12.0 Å². The van der Waals surface area contributed by atoms with Crippen molar-refractivity contribution in [1.29, 1.82) is 0 Å². The zero-order valence-corrected chi connectivity index (χ0v) is 9.72. The van der Waals surface area contributed by atoms with Gasteiger partial charge in [-0.2, -0.15) is 11.8 Å². The number of para-hydroxylation sites is 1. The molecule has 1 aliphatic rings. The normalized spacial score (nSPS) is 20.7. The van der Waals surface area contributed by atoms with Gasteiger partial charge in [0, 0.05) is 12.2 Å². The Hall–Kier alpha value is -0.670. The van der Waals surface area contributed by atoms with E-state index in [1.54, 1.807) is 0 Å². The summed E-state index contributed by atoms with van der Waals surface area (Å²) >= 11 is 2.07. The first-order chi connectivity index (χ1) is 7.36. The first kappa shape index (κ1) is 10.8. The molecule has 2 rings (SSSR count). The minimum Gasteiger partial charge on any atom is -0.398 e. The van der Waals surface area contributed by atoms with Gasteiger partial charge in [0.25, 0.3) is 0 Å². The average Bonchev–Trinajstić information content (AvgIpc) is 2.74. The lowest BCUT2D eigenvalue weighted by Gasteiger charge is -2.11. The molecule has 1 saturated heterocycles. The SMILES string of the molecule is Nc1ccccc1CNCC1CCSC1. The lowest BCUT2D eigenvalue weighted by molar-refractivity contribution is 0.523. The molecule has 3 N–H and O–H groups in total. The monoisotopic (exact) mass is 222 g/mol. The molecule has 0 bridgehead atoms. The van der Waals surface area contributed by atoms with Crippen molar-refractivity contribution in [3.8, 4) is 0 Å². The number of nitrogens with one attached hydrogen (secondary N) is 1. The maximum atomic E-state index is 5.87. The fourth-order valence-electron chi connectivity index (χ4n) is 1.85. The zero-order valence-electron chi connectivity index (χ0n) is 8.91. The largest absolute Gasteiger partial charge is 0.398 e. The lowest BCUT2D eigenvalue weighted by Crippen LogP contribution is -2.22. The first-order valence-electron chi connectivity index (χ1n) is 5.48. The highest BCUT2D eigenvalue weighted by Crippen LogP contribution is 2.22. The van der Waals surface area contributed by atoms with Crippen molar-refractivity contribution in [2.75, 3.05) is 23.8 Å². The van der Waals surface area contributed by atoms with Crippen molar-refractivity contribution in [2.45, 2.75) is 13.0 Å². The minimum absolute atomic E-state index is 0.861. The van der Waals surface area contributed by atoms with Crippen molar-refractivity contribution < 1.29 is 0 Å². The third-order valence-corrected chi connectivity index (χ3v) is 4.06. The van der Waals surface area contributed by atoms with Crippen LogP contribution < -0.4 is 11.1 Å². The number of thioether (sulfide) groups is 1. The summed E-state index contributed by atoms with van der Waals surface area (Å²) in [7, 11) is 0. The Morgan fingerprint density at radius 2 is 2.27 bits per heavy atom. The Morgan fingerprint density at radius 3 is 3.00 bits per heavy atom. The van der Waals surface area contributed by atoms with Crippen LogP contribution in [-0.4, -0.2) is 18.1 Å². The Kier molecular flexibility index (Phi) is 3.92. The molecule has 0 spiro atoms. The Labute approximate surface area is 95.6 Å². The lowest BCUT2D eigenvalue weighted by atomic mass is 10.1. The van der Waals surface area contributed by atoms with Crippen LogP contribution in [0.25, 0.3) is 0 Å². The average molecular weight is 222 g/mol. The van der Waals surface area contributed by atoms with E-state index in [1.165, 1.54) is 23.5 Å². The molecule has 1 aromatic carbocycles. The van der Waals surface area contributed by atoms with Crippen LogP contribution in [0, 0.1) is 5.92 Å². The smallest absolute Gasteiger partial charge is 0.0359 e. The van der Waals surface area contributed by atoms with Crippen molar-refractivity contribution in [3.05, 3.63) is 29.8 Å². The summed E-state index contributed by atoms with van der Waals surface area (Å²) in [6.07, 6.45) is 1.36. The van der Waals surface area contributed by atoms with Crippen molar-refractivity contribution in [1.82, 2.24) is 5.32 Å². The van der Waals surface area contributed by atoms with E-state index in [9.17, 15) is 0 Å². The molecule has 1 heterocycles. The van der Waals surface area contributed by atoms with Crippen LogP contribution in [-0.2, 0) is 6.54 Å². The molecule has 1 fully saturated rings. The molecule has 1 aromatic rings. The van der Waals surface area contributed by atoms with Gasteiger partial charge in [-0.1, -0.05) is 18.2 Å². The van der Waals surface area contributed by atoms with Gasteiger partial charge in [0.1, 0.15) is 0 Å². The molecule has 1 unspecified atom stereocenters. The zero-order chi connectivity index (χ0) is 10.5. The molecule has 0 aliphatic carbocycles. The van der Waals surface area contributed by atoms with Crippen molar-refractivity contribution in [3.63, 3.8) is 0 Å². The van der Waals surface area contributed by atoms with Gasteiger partial charge >= 0.3 is 0 Å². The van der Waals surface area contributed by atoms with E-state index in [1.807, 2.05) is 18.2 Å². The predicted octanol–water partition coefficient (Wildman–Crippen LogP) is 2.11. The first-order valence-corrected chi connectivity index (χ1v) is 6.63. The van der Waals surface area contributed by atoms with E-state index in [0.29, 0.717) is 0 Å². The third-order valence-electron chi connectivity index (χ3n) is 2.83. The van der Waals surface area contributed by atoms with E-state index in [-0.39, 0.29) is 0 Å². The Bertz CT molecular complexity index is 308. The predicted molar refractivity (Wildman–Crippen MR) is 68.0 cm³/mol. The highest BCUT2D eigenvalue weighted by Gasteiger charge is 2.14. The van der Waals surface area contributed by atoms with Crippen LogP contribution in [0.15, 0.2) is 24.3 Å². The second-order valence-electron chi connectivity index (χ2n) is 4.06. The van der Waals surface area contributed by atoms with Crippen molar-refractivity contribution in [2.24, 2.45) is 5.92 Å². The summed E-state index contributed by atoms with van der Waals surface area (Å²) in [4.78, 5) is 0. The van der Waals surface area contributed by atoms with E-state index in [0.717, 1.165) is 24.7 Å². The summed E-state index contributed by atoms with van der Waals surface area (Å²) in [5.74, 6) is 3.51. The number of nitrogens with two attached hydrogens (primary N) is 1. The number of benzene rings is 1. The highest BCUT2D eigenvalue weighted by atomic mass is 32.2. The third kappa shape index (κ3) is 3.14. The van der Waals surface area contributed by atoms with Gasteiger partial charge in [-0.05, 0) is 42.0 Å². The maximum Gasteiger partial charge on any atom is 0.0359 e. The van der Waals surface area contributed by atoms with Gasteiger partial charge in [0.2, 0.25) is 0 Å². The van der Waals surface area contributed by atoms with Gasteiger partial charge in [-0.15, -0.1) is 0 Å². The molecular weight excluding hydrogens is 204 g/mol. The van der Waals surface area contributed by atoms with Gasteiger partial charge in [0.15, 0.2) is 0 Å².